The third kappa shape index (κ3) is 2.83. The van der Waals surface area contributed by atoms with Crippen LogP contribution in [0.4, 0.5) is 5.82 Å². The highest BCUT2D eigenvalue weighted by Crippen LogP contribution is 2.25. The molecule has 0 saturated heterocycles. The maximum Gasteiger partial charge on any atom is 0.142 e. The molecule has 2 rings (SSSR count). The summed E-state index contributed by atoms with van der Waals surface area (Å²) in [6.07, 6.45) is 0.985. The summed E-state index contributed by atoms with van der Waals surface area (Å²) in [6.45, 7) is 2.13. The molecule has 0 fully saturated rings. The average molecular weight is 243 g/mol. The maximum absolute atomic E-state index is 8.80. The zero-order valence-corrected chi connectivity index (χ0v) is 10.4. The van der Waals surface area contributed by atoms with Crippen LogP contribution in [0, 0.1) is 11.3 Å². The van der Waals surface area contributed by atoms with Gasteiger partial charge in [-0.25, -0.2) is 4.98 Å². The van der Waals surface area contributed by atoms with Gasteiger partial charge in [0.05, 0.1) is 6.04 Å². The molecule has 0 spiro atoms. The summed E-state index contributed by atoms with van der Waals surface area (Å²) in [7, 11) is 0. The van der Waals surface area contributed by atoms with E-state index in [4.69, 9.17) is 5.26 Å². The van der Waals surface area contributed by atoms with Crippen molar-refractivity contribution in [2.75, 3.05) is 5.32 Å². The van der Waals surface area contributed by atoms with Crippen LogP contribution < -0.4 is 5.32 Å². The molecule has 1 atom stereocenters. The number of nitrogens with zero attached hydrogens (tertiary/aromatic N) is 2. The lowest BCUT2D eigenvalue weighted by molar-refractivity contribution is 0.758. The predicted molar refractivity (Wildman–Crippen MR) is 69.9 cm³/mol. The van der Waals surface area contributed by atoms with E-state index in [0.29, 0.717) is 5.69 Å². The van der Waals surface area contributed by atoms with E-state index < -0.39 is 0 Å². The molecule has 0 amide bonds. The Hall–Kier alpha value is -1.86. The van der Waals surface area contributed by atoms with Crippen molar-refractivity contribution in [3.8, 4) is 6.07 Å². The summed E-state index contributed by atoms with van der Waals surface area (Å²) in [5, 5.41) is 14.2. The molecular weight excluding hydrogens is 230 g/mol. The second-order valence-electron chi connectivity index (χ2n) is 3.64. The lowest BCUT2D eigenvalue weighted by atomic mass is 10.2. The molecule has 0 aliphatic carbocycles. The average Bonchev–Trinajstić information content (AvgIpc) is 2.90. The quantitative estimate of drug-likeness (QED) is 0.892. The Labute approximate surface area is 105 Å². The Morgan fingerprint density at radius 1 is 1.41 bits per heavy atom. The van der Waals surface area contributed by atoms with Crippen molar-refractivity contribution < 1.29 is 0 Å². The number of nitrogens with one attached hydrogen (secondary N) is 1. The molecule has 0 aliphatic rings. The van der Waals surface area contributed by atoms with Crippen LogP contribution in [-0.2, 0) is 0 Å². The van der Waals surface area contributed by atoms with Gasteiger partial charge in [-0.1, -0.05) is 19.1 Å². The molecule has 0 aromatic carbocycles. The van der Waals surface area contributed by atoms with E-state index in [2.05, 4.69) is 28.7 Å². The van der Waals surface area contributed by atoms with Gasteiger partial charge in [0.2, 0.25) is 0 Å². The summed E-state index contributed by atoms with van der Waals surface area (Å²) < 4.78 is 0. The van der Waals surface area contributed by atoms with Crippen LogP contribution in [0.3, 0.4) is 0 Å². The number of hydrogen-bond donors (Lipinski definition) is 1. The van der Waals surface area contributed by atoms with Gasteiger partial charge in [0, 0.05) is 4.88 Å². The van der Waals surface area contributed by atoms with Crippen LogP contribution in [0.15, 0.2) is 35.7 Å². The van der Waals surface area contributed by atoms with Gasteiger partial charge < -0.3 is 5.32 Å². The first-order valence-electron chi connectivity index (χ1n) is 5.50. The highest BCUT2D eigenvalue weighted by Gasteiger charge is 2.10. The fourth-order valence-electron chi connectivity index (χ4n) is 1.62. The Bertz CT molecular complexity index is 514. The topological polar surface area (TPSA) is 48.7 Å². The summed E-state index contributed by atoms with van der Waals surface area (Å²) in [6, 6.07) is 11.9. The number of rotatable bonds is 4. The van der Waals surface area contributed by atoms with Gasteiger partial charge in [-0.3, -0.25) is 0 Å². The zero-order chi connectivity index (χ0) is 12.1. The van der Waals surface area contributed by atoms with Gasteiger partial charge in [0.15, 0.2) is 0 Å². The minimum absolute atomic E-state index is 0.261. The largest absolute Gasteiger partial charge is 0.362 e. The third-order valence-corrected chi connectivity index (χ3v) is 3.47. The molecule has 0 radical (unpaired) electrons. The lowest BCUT2D eigenvalue weighted by Gasteiger charge is -2.15. The van der Waals surface area contributed by atoms with Gasteiger partial charge in [0.25, 0.3) is 0 Å². The van der Waals surface area contributed by atoms with Crippen LogP contribution >= 0.6 is 11.3 Å². The zero-order valence-electron chi connectivity index (χ0n) is 9.55. The van der Waals surface area contributed by atoms with E-state index >= 15 is 0 Å². The SMILES string of the molecule is CCC(Nc1cccc(C#N)n1)c1cccs1. The van der Waals surface area contributed by atoms with Crippen LogP contribution in [0.1, 0.15) is 30.0 Å². The smallest absolute Gasteiger partial charge is 0.142 e. The first kappa shape index (κ1) is 11.6. The molecule has 4 heteroatoms. The summed E-state index contributed by atoms with van der Waals surface area (Å²) >= 11 is 1.73. The highest BCUT2D eigenvalue weighted by atomic mass is 32.1. The molecule has 3 nitrogen and oxygen atoms in total. The minimum atomic E-state index is 0.261. The third-order valence-electron chi connectivity index (χ3n) is 2.48. The fourth-order valence-corrected chi connectivity index (χ4v) is 2.48. The molecule has 17 heavy (non-hydrogen) atoms. The molecule has 86 valence electrons. The monoisotopic (exact) mass is 243 g/mol. The van der Waals surface area contributed by atoms with Crippen molar-refractivity contribution in [1.82, 2.24) is 4.98 Å². The molecule has 1 N–H and O–H groups in total. The summed E-state index contributed by atoms with van der Waals surface area (Å²) in [5.41, 5.74) is 0.441. The second kappa shape index (κ2) is 5.46. The molecule has 0 saturated carbocycles. The Kier molecular flexibility index (Phi) is 3.73. The molecule has 1 unspecified atom stereocenters. The van der Waals surface area contributed by atoms with Gasteiger partial charge in [-0.2, -0.15) is 5.26 Å². The molecule has 2 heterocycles. The van der Waals surface area contributed by atoms with E-state index in [1.807, 2.05) is 24.3 Å². The number of anilines is 1. The van der Waals surface area contributed by atoms with Crippen LogP contribution in [0.25, 0.3) is 0 Å². The van der Waals surface area contributed by atoms with Crippen LogP contribution in [0.5, 0.6) is 0 Å². The van der Waals surface area contributed by atoms with Crippen molar-refractivity contribution in [3.05, 3.63) is 46.3 Å². The van der Waals surface area contributed by atoms with Crippen molar-refractivity contribution in [2.45, 2.75) is 19.4 Å². The number of pyridine rings is 1. The molecule has 0 aliphatic heterocycles. The highest BCUT2D eigenvalue weighted by molar-refractivity contribution is 7.10. The van der Waals surface area contributed by atoms with Crippen molar-refractivity contribution in [2.24, 2.45) is 0 Å². The Balaban J connectivity index is 2.16. The van der Waals surface area contributed by atoms with Gasteiger partial charge in [0.1, 0.15) is 17.6 Å². The number of aromatic nitrogens is 1. The van der Waals surface area contributed by atoms with Crippen molar-refractivity contribution in [3.63, 3.8) is 0 Å². The summed E-state index contributed by atoms with van der Waals surface area (Å²) in [5.74, 6) is 0.754. The van der Waals surface area contributed by atoms with Crippen LogP contribution in [-0.4, -0.2) is 4.98 Å². The van der Waals surface area contributed by atoms with E-state index in [1.165, 1.54) is 4.88 Å². The Morgan fingerprint density at radius 2 is 2.29 bits per heavy atom. The Morgan fingerprint density at radius 3 is 2.94 bits per heavy atom. The second-order valence-corrected chi connectivity index (χ2v) is 4.62. The standard InChI is InChI=1S/C13H13N3S/c1-2-11(12-6-4-8-17-12)16-13-7-3-5-10(9-14)15-13/h3-8,11H,2H2,1H3,(H,15,16). The maximum atomic E-state index is 8.80. The predicted octanol–water partition coefficient (Wildman–Crippen LogP) is 3.58. The number of thiophene rings is 1. The lowest BCUT2D eigenvalue weighted by Crippen LogP contribution is -2.09. The first-order chi connectivity index (χ1) is 8.33. The fraction of sp³-hybridized carbons (Fsp3) is 0.231. The molecule has 2 aromatic heterocycles. The summed E-state index contributed by atoms with van der Waals surface area (Å²) in [4.78, 5) is 5.51. The number of nitriles is 1. The molecular formula is C13H13N3S. The molecule has 0 bridgehead atoms. The number of hydrogen-bond acceptors (Lipinski definition) is 4. The van der Waals surface area contributed by atoms with Gasteiger partial charge in [-0.15, -0.1) is 11.3 Å². The first-order valence-corrected chi connectivity index (χ1v) is 6.38. The van der Waals surface area contributed by atoms with Gasteiger partial charge in [-0.05, 0) is 30.0 Å². The van der Waals surface area contributed by atoms with E-state index in [0.717, 1.165) is 12.2 Å². The molecule has 2 aromatic rings. The minimum Gasteiger partial charge on any atom is -0.362 e. The van der Waals surface area contributed by atoms with E-state index in [-0.39, 0.29) is 6.04 Å². The van der Waals surface area contributed by atoms with E-state index in [1.54, 1.807) is 17.4 Å². The van der Waals surface area contributed by atoms with Crippen molar-refractivity contribution in [1.29, 1.82) is 5.26 Å². The van der Waals surface area contributed by atoms with E-state index in [9.17, 15) is 0 Å². The van der Waals surface area contributed by atoms with Crippen molar-refractivity contribution >= 4 is 17.2 Å². The van der Waals surface area contributed by atoms with Gasteiger partial charge >= 0.3 is 0 Å². The van der Waals surface area contributed by atoms with Crippen LogP contribution in [0.2, 0.25) is 0 Å². The normalized spacial score (nSPS) is 11.8.